The Balaban J connectivity index is 2.35. The molecule has 0 saturated carbocycles. The van der Waals surface area contributed by atoms with Crippen LogP contribution in [0.4, 0.5) is 0 Å². The highest BCUT2D eigenvalue weighted by molar-refractivity contribution is 6.32. The Morgan fingerprint density at radius 3 is 2.78 bits per heavy atom. The summed E-state index contributed by atoms with van der Waals surface area (Å²) in [5.74, 6) is 0. The summed E-state index contributed by atoms with van der Waals surface area (Å²) < 4.78 is 5.79. The summed E-state index contributed by atoms with van der Waals surface area (Å²) in [5.41, 5.74) is 1.67. The fourth-order valence-electron chi connectivity index (χ4n) is 2.42. The van der Waals surface area contributed by atoms with Crippen LogP contribution in [-0.2, 0) is 0 Å². The van der Waals surface area contributed by atoms with E-state index in [9.17, 15) is 0 Å². The minimum atomic E-state index is 0.735. The van der Waals surface area contributed by atoms with Gasteiger partial charge in [-0.3, -0.25) is 4.98 Å². The van der Waals surface area contributed by atoms with Crippen molar-refractivity contribution < 1.29 is 4.42 Å². The Bertz CT molecular complexity index is 895. The van der Waals surface area contributed by atoms with Crippen LogP contribution in [0.2, 0.25) is 5.02 Å². The molecule has 86 valence electrons. The van der Waals surface area contributed by atoms with Gasteiger partial charge in [-0.1, -0.05) is 23.7 Å². The Morgan fingerprint density at radius 1 is 0.944 bits per heavy atom. The molecule has 18 heavy (non-hydrogen) atoms. The van der Waals surface area contributed by atoms with Crippen molar-refractivity contribution in [2.24, 2.45) is 0 Å². The van der Waals surface area contributed by atoms with Crippen LogP contribution in [0.1, 0.15) is 0 Å². The average molecular weight is 254 g/mol. The molecule has 2 aromatic carbocycles. The van der Waals surface area contributed by atoms with Crippen molar-refractivity contribution in [3.8, 4) is 0 Å². The number of benzene rings is 2. The van der Waals surface area contributed by atoms with Crippen LogP contribution in [0.25, 0.3) is 32.7 Å². The van der Waals surface area contributed by atoms with E-state index in [4.69, 9.17) is 16.0 Å². The normalized spacial score (nSPS) is 11.6. The van der Waals surface area contributed by atoms with Crippen molar-refractivity contribution in [1.29, 1.82) is 0 Å². The van der Waals surface area contributed by atoms with Gasteiger partial charge in [0.1, 0.15) is 5.58 Å². The van der Waals surface area contributed by atoms with E-state index in [1.807, 2.05) is 36.4 Å². The molecule has 0 aliphatic carbocycles. The summed E-state index contributed by atoms with van der Waals surface area (Å²) in [6.07, 6.45) is 3.52. The van der Waals surface area contributed by atoms with Crippen LogP contribution in [0.15, 0.2) is 53.2 Å². The van der Waals surface area contributed by atoms with Crippen LogP contribution < -0.4 is 0 Å². The third-order valence-electron chi connectivity index (χ3n) is 3.22. The van der Waals surface area contributed by atoms with Crippen LogP contribution in [0.3, 0.4) is 0 Å². The molecular formula is C15H8ClNO. The zero-order chi connectivity index (χ0) is 12.1. The topological polar surface area (TPSA) is 26.0 Å². The van der Waals surface area contributed by atoms with Crippen molar-refractivity contribution in [2.45, 2.75) is 0 Å². The van der Waals surface area contributed by atoms with Crippen LogP contribution in [-0.4, -0.2) is 4.98 Å². The highest BCUT2D eigenvalue weighted by Gasteiger charge is 2.10. The van der Waals surface area contributed by atoms with Gasteiger partial charge in [0.15, 0.2) is 5.58 Å². The summed E-state index contributed by atoms with van der Waals surface area (Å²) >= 11 is 6.09. The maximum Gasteiger partial charge on any atom is 0.153 e. The van der Waals surface area contributed by atoms with Gasteiger partial charge in [0, 0.05) is 22.0 Å². The van der Waals surface area contributed by atoms with E-state index < -0.39 is 0 Å². The Hall–Kier alpha value is -2.06. The van der Waals surface area contributed by atoms with Crippen LogP contribution >= 0.6 is 11.6 Å². The third kappa shape index (κ3) is 1.27. The molecule has 0 amide bonds. The van der Waals surface area contributed by atoms with Crippen LogP contribution in [0, 0.1) is 0 Å². The second-order valence-electron chi connectivity index (χ2n) is 4.28. The van der Waals surface area contributed by atoms with E-state index in [1.54, 1.807) is 12.4 Å². The van der Waals surface area contributed by atoms with Crippen molar-refractivity contribution >= 4 is 44.3 Å². The second kappa shape index (κ2) is 3.47. The number of hydrogen-bond acceptors (Lipinski definition) is 2. The molecule has 2 heterocycles. The maximum atomic E-state index is 6.09. The quantitative estimate of drug-likeness (QED) is 0.450. The largest absolute Gasteiger partial charge is 0.454 e. The van der Waals surface area contributed by atoms with Crippen molar-refractivity contribution in [1.82, 2.24) is 4.98 Å². The van der Waals surface area contributed by atoms with Gasteiger partial charge in [-0.25, -0.2) is 0 Å². The molecule has 0 N–H and O–H groups in total. The van der Waals surface area contributed by atoms with Crippen molar-refractivity contribution in [2.75, 3.05) is 0 Å². The molecule has 0 spiro atoms. The molecule has 0 saturated heterocycles. The average Bonchev–Trinajstić information content (AvgIpc) is 2.77. The molecule has 0 aliphatic rings. The number of nitrogens with zero attached hydrogens (tertiary/aromatic N) is 1. The Morgan fingerprint density at radius 2 is 1.83 bits per heavy atom. The second-order valence-corrected chi connectivity index (χ2v) is 4.71. The van der Waals surface area contributed by atoms with Crippen molar-refractivity contribution in [3.63, 3.8) is 0 Å². The van der Waals surface area contributed by atoms with Crippen molar-refractivity contribution in [3.05, 3.63) is 53.8 Å². The van der Waals surface area contributed by atoms with E-state index in [0.717, 1.165) is 37.7 Å². The SMILES string of the molecule is Clc1ccc2ccc3oc4cnccc4c3c2c1. The van der Waals surface area contributed by atoms with E-state index in [1.165, 1.54) is 0 Å². The maximum absolute atomic E-state index is 6.09. The predicted molar refractivity (Wildman–Crippen MR) is 74.0 cm³/mol. The van der Waals surface area contributed by atoms with Gasteiger partial charge < -0.3 is 4.42 Å². The zero-order valence-corrected chi connectivity index (χ0v) is 10.1. The van der Waals surface area contributed by atoms with E-state index in [0.29, 0.717) is 0 Å². The first-order valence-electron chi connectivity index (χ1n) is 5.67. The first-order chi connectivity index (χ1) is 8.83. The standard InChI is InChI=1S/C15H8ClNO/c16-10-3-1-9-2-4-13-15(12(9)7-10)11-5-6-17-8-14(11)18-13/h1-8H. The lowest BCUT2D eigenvalue weighted by Gasteiger charge is -2.00. The smallest absolute Gasteiger partial charge is 0.153 e. The van der Waals surface area contributed by atoms with Gasteiger partial charge in [-0.2, -0.15) is 0 Å². The van der Waals surface area contributed by atoms with E-state index in [2.05, 4.69) is 4.98 Å². The molecular weight excluding hydrogens is 246 g/mol. The molecule has 0 bridgehead atoms. The first kappa shape index (κ1) is 9.92. The molecule has 4 rings (SSSR count). The molecule has 0 atom stereocenters. The van der Waals surface area contributed by atoms with E-state index in [-0.39, 0.29) is 0 Å². The monoisotopic (exact) mass is 253 g/mol. The lowest BCUT2D eigenvalue weighted by molar-refractivity contribution is 0.667. The van der Waals surface area contributed by atoms with Gasteiger partial charge in [-0.05, 0) is 35.0 Å². The molecule has 2 nitrogen and oxygen atoms in total. The van der Waals surface area contributed by atoms with Crippen LogP contribution in [0.5, 0.6) is 0 Å². The van der Waals surface area contributed by atoms with Gasteiger partial charge in [0.25, 0.3) is 0 Å². The molecule has 2 aromatic heterocycles. The molecule has 4 aromatic rings. The summed E-state index contributed by atoms with van der Waals surface area (Å²) in [5, 5.41) is 5.19. The minimum absolute atomic E-state index is 0.735. The van der Waals surface area contributed by atoms with E-state index >= 15 is 0 Å². The molecule has 0 fully saturated rings. The highest BCUT2D eigenvalue weighted by atomic mass is 35.5. The summed E-state index contributed by atoms with van der Waals surface area (Å²) in [6, 6.07) is 11.9. The fraction of sp³-hybridized carbons (Fsp3) is 0. The van der Waals surface area contributed by atoms with Gasteiger partial charge in [0.2, 0.25) is 0 Å². The number of aromatic nitrogens is 1. The Kier molecular flexibility index (Phi) is 1.91. The molecule has 3 heteroatoms. The highest BCUT2D eigenvalue weighted by Crippen LogP contribution is 2.34. The summed E-state index contributed by atoms with van der Waals surface area (Å²) in [7, 11) is 0. The fourth-order valence-corrected chi connectivity index (χ4v) is 2.59. The number of pyridine rings is 1. The van der Waals surface area contributed by atoms with Gasteiger partial charge >= 0.3 is 0 Å². The molecule has 0 aliphatic heterocycles. The Labute approximate surface area is 108 Å². The third-order valence-corrected chi connectivity index (χ3v) is 3.45. The lowest BCUT2D eigenvalue weighted by atomic mass is 10.0. The lowest BCUT2D eigenvalue weighted by Crippen LogP contribution is -1.75. The number of rotatable bonds is 0. The number of halogens is 1. The number of hydrogen-bond donors (Lipinski definition) is 0. The minimum Gasteiger partial charge on any atom is -0.454 e. The molecule has 0 radical (unpaired) electrons. The summed E-state index contributed by atoms with van der Waals surface area (Å²) in [4.78, 5) is 4.09. The molecule has 0 unspecified atom stereocenters. The first-order valence-corrected chi connectivity index (χ1v) is 6.05. The summed E-state index contributed by atoms with van der Waals surface area (Å²) in [6.45, 7) is 0. The predicted octanol–water partition coefficient (Wildman–Crippen LogP) is 4.79. The van der Waals surface area contributed by atoms with Gasteiger partial charge in [-0.15, -0.1) is 0 Å². The number of furan rings is 1. The zero-order valence-electron chi connectivity index (χ0n) is 9.35. The number of fused-ring (bicyclic) bond motifs is 5. The van der Waals surface area contributed by atoms with Gasteiger partial charge in [0.05, 0.1) is 6.20 Å².